The maximum Gasteiger partial charge on any atom is 0.387 e. The minimum absolute atomic E-state index is 0.0814. The Labute approximate surface area is 149 Å². The van der Waals surface area contributed by atoms with Gasteiger partial charge < -0.3 is 15.0 Å². The normalized spacial score (nSPS) is 24.8. The lowest BCUT2D eigenvalue weighted by atomic mass is 9.80. The van der Waals surface area contributed by atoms with Crippen LogP contribution in [-0.2, 0) is 9.84 Å². The summed E-state index contributed by atoms with van der Waals surface area (Å²) in [6.45, 7) is -2.34. The molecule has 1 spiro atoms. The van der Waals surface area contributed by atoms with E-state index in [9.17, 15) is 26.4 Å². The number of carbonyl (C=O) groups is 1. The Bertz CT molecular complexity index is 803. The van der Waals surface area contributed by atoms with Gasteiger partial charge in [-0.3, -0.25) is 0 Å². The van der Waals surface area contributed by atoms with Crippen molar-refractivity contribution in [2.75, 3.05) is 29.9 Å². The number of anilines is 1. The van der Waals surface area contributed by atoms with Crippen molar-refractivity contribution in [3.8, 4) is 5.75 Å². The highest BCUT2D eigenvalue weighted by Crippen LogP contribution is 2.40. The average molecular weight is 392 g/mol. The van der Waals surface area contributed by atoms with E-state index < -0.39 is 39.5 Å². The lowest BCUT2D eigenvalue weighted by Crippen LogP contribution is -2.48. The van der Waals surface area contributed by atoms with E-state index in [0.717, 1.165) is 18.6 Å². The fraction of sp³-hybridized carbons (Fsp3) is 0.562. The maximum atomic E-state index is 13.7. The number of piperidine rings is 1. The summed E-state index contributed by atoms with van der Waals surface area (Å²) >= 11 is 0. The third kappa shape index (κ3) is 4.22. The zero-order valence-corrected chi connectivity index (χ0v) is 14.7. The Hall–Kier alpha value is -1.97. The summed E-state index contributed by atoms with van der Waals surface area (Å²) in [4.78, 5) is 14.0. The van der Waals surface area contributed by atoms with Gasteiger partial charge in [0.2, 0.25) is 0 Å². The molecule has 0 aliphatic carbocycles. The standard InChI is InChI=1S/C16H19F3N2O4S/c17-12-8-11(2-3-13(12)25-14(18)19)20-15(22)21-6-1-4-16(9-21)5-7-26(23,24)10-16/h2-3,8,14H,1,4-7,9-10H2,(H,20,22)/t16-/m1/s1. The molecule has 2 aliphatic heterocycles. The van der Waals surface area contributed by atoms with Crippen LogP contribution >= 0.6 is 0 Å². The van der Waals surface area contributed by atoms with Crippen molar-refractivity contribution >= 4 is 21.6 Å². The Kier molecular flexibility index (Phi) is 5.05. The van der Waals surface area contributed by atoms with Crippen LogP contribution in [0.15, 0.2) is 18.2 Å². The molecule has 0 aromatic heterocycles. The van der Waals surface area contributed by atoms with Crippen LogP contribution in [0.3, 0.4) is 0 Å². The zero-order valence-electron chi connectivity index (χ0n) is 13.9. The Morgan fingerprint density at radius 1 is 1.31 bits per heavy atom. The molecule has 144 valence electrons. The van der Waals surface area contributed by atoms with Gasteiger partial charge >= 0.3 is 12.6 Å². The van der Waals surface area contributed by atoms with E-state index in [1.807, 2.05) is 0 Å². The number of ether oxygens (including phenoxy) is 1. The van der Waals surface area contributed by atoms with E-state index in [4.69, 9.17) is 0 Å². The number of benzene rings is 1. The van der Waals surface area contributed by atoms with Gasteiger partial charge in [0.05, 0.1) is 11.5 Å². The quantitative estimate of drug-likeness (QED) is 0.858. The van der Waals surface area contributed by atoms with E-state index in [2.05, 4.69) is 10.1 Å². The number of sulfone groups is 1. The van der Waals surface area contributed by atoms with Crippen LogP contribution < -0.4 is 10.1 Å². The molecule has 2 saturated heterocycles. The molecule has 10 heteroatoms. The first kappa shape index (κ1) is 18.8. The van der Waals surface area contributed by atoms with Crippen molar-refractivity contribution in [3.05, 3.63) is 24.0 Å². The molecule has 3 rings (SSSR count). The molecule has 1 aromatic carbocycles. The predicted octanol–water partition coefficient (Wildman–Crippen LogP) is 2.86. The molecule has 2 aliphatic rings. The second kappa shape index (κ2) is 6.98. The first-order chi connectivity index (χ1) is 12.2. The van der Waals surface area contributed by atoms with Crippen LogP contribution in [0, 0.1) is 11.2 Å². The molecule has 0 bridgehead atoms. The van der Waals surface area contributed by atoms with Crippen molar-refractivity contribution in [2.45, 2.75) is 25.9 Å². The number of halogens is 3. The van der Waals surface area contributed by atoms with Crippen LogP contribution in [0.4, 0.5) is 23.7 Å². The predicted molar refractivity (Wildman–Crippen MR) is 88.6 cm³/mol. The monoisotopic (exact) mass is 392 g/mol. The van der Waals surface area contributed by atoms with Crippen molar-refractivity contribution in [1.82, 2.24) is 4.90 Å². The molecule has 2 heterocycles. The largest absolute Gasteiger partial charge is 0.432 e. The average Bonchev–Trinajstić information content (AvgIpc) is 2.84. The second-order valence-electron chi connectivity index (χ2n) is 6.82. The highest BCUT2D eigenvalue weighted by molar-refractivity contribution is 7.91. The number of urea groups is 1. The number of amides is 2. The topological polar surface area (TPSA) is 75.7 Å². The van der Waals surface area contributed by atoms with Gasteiger partial charge in [0, 0.05) is 30.3 Å². The SMILES string of the molecule is O=C(Nc1ccc(OC(F)F)c(F)c1)N1CCC[C@@]2(CCS(=O)(=O)C2)C1. The van der Waals surface area contributed by atoms with Gasteiger partial charge in [-0.25, -0.2) is 17.6 Å². The number of rotatable bonds is 3. The summed E-state index contributed by atoms with van der Waals surface area (Å²) in [5.74, 6) is -1.40. The van der Waals surface area contributed by atoms with Crippen molar-refractivity contribution in [3.63, 3.8) is 0 Å². The van der Waals surface area contributed by atoms with Gasteiger partial charge in [0.15, 0.2) is 21.4 Å². The molecule has 1 aromatic rings. The summed E-state index contributed by atoms with van der Waals surface area (Å²) in [6.07, 6.45) is 1.98. The fourth-order valence-corrected chi connectivity index (χ4v) is 5.86. The Morgan fingerprint density at radius 2 is 2.08 bits per heavy atom. The van der Waals surface area contributed by atoms with Crippen molar-refractivity contribution in [2.24, 2.45) is 5.41 Å². The number of likely N-dealkylation sites (tertiary alicyclic amines) is 1. The lowest BCUT2D eigenvalue weighted by molar-refractivity contribution is -0.0521. The second-order valence-corrected chi connectivity index (χ2v) is 9.01. The molecular weight excluding hydrogens is 373 g/mol. The number of hydrogen-bond acceptors (Lipinski definition) is 4. The van der Waals surface area contributed by atoms with Crippen molar-refractivity contribution < 1.29 is 31.1 Å². The summed E-state index contributed by atoms with van der Waals surface area (Å²) in [6, 6.07) is 2.70. The Balaban J connectivity index is 1.65. The summed E-state index contributed by atoms with van der Waals surface area (Å²) < 4.78 is 65.6. The van der Waals surface area contributed by atoms with Crippen LogP contribution in [0.5, 0.6) is 5.75 Å². The number of carbonyl (C=O) groups excluding carboxylic acids is 1. The minimum atomic E-state index is -3.14. The van der Waals surface area contributed by atoms with Crippen LogP contribution in [0.25, 0.3) is 0 Å². The maximum absolute atomic E-state index is 13.7. The van der Waals surface area contributed by atoms with E-state index in [-0.39, 0.29) is 17.2 Å². The van der Waals surface area contributed by atoms with Gasteiger partial charge in [-0.05, 0) is 31.4 Å². The molecule has 1 N–H and O–H groups in total. The van der Waals surface area contributed by atoms with E-state index in [1.54, 1.807) is 0 Å². The molecule has 6 nitrogen and oxygen atoms in total. The van der Waals surface area contributed by atoms with E-state index >= 15 is 0 Å². The molecular formula is C16H19F3N2O4S. The van der Waals surface area contributed by atoms with Crippen molar-refractivity contribution in [1.29, 1.82) is 0 Å². The minimum Gasteiger partial charge on any atom is -0.432 e. The summed E-state index contributed by atoms with van der Waals surface area (Å²) in [7, 11) is -3.07. The molecule has 0 saturated carbocycles. The molecule has 2 amide bonds. The van der Waals surface area contributed by atoms with E-state index in [0.29, 0.717) is 25.9 Å². The number of hydrogen-bond donors (Lipinski definition) is 1. The third-order valence-electron chi connectivity index (χ3n) is 4.82. The van der Waals surface area contributed by atoms with Gasteiger partial charge in [0.25, 0.3) is 0 Å². The smallest absolute Gasteiger partial charge is 0.387 e. The molecule has 1 atom stereocenters. The highest BCUT2D eigenvalue weighted by atomic mass is 32.2. The number of nitrogens with zero attached hydrogens (tertiary/aromatic N) is 1. The molecule has 26 heavy (non-hydrogen) atoms. The number of nitrogens with one attached hydrogen (secondary N) is 1. The first-order valence-electron chi connectivity index (χ1n) is 8.19. The van der Waals surface area contributed by atoms with Gasteiger partial charge in [-0.15, -0.1) is 0 Å². The Morgan fingerprint density at radius 3 is 2.69 bits per heavy atom. The third-order valence-corrected chi connectivity index (χ3v) is 6.70. The first-order valence-corrected chi connectivity index (χ1v) is 10.0. The zero-order chi connectivity index (χ0) is 18.9. The summed E-state index contributed by atoms with van der Waals surface area (Å²) in [5.41, 5.74) is -0.304. The van der Waals surface area contributed by atoms with Gasteiger partial charge in [0.1, 0.15) is 0 Å². The van der Waals surface area contributed by atoms with Crippen LogP contribution in [0.1, 0.15) is 19.3 Å². The molecule has 2 fully saturated rings. The fourth-order valence-electron chi connectivity index (χ4n) is 3.66. The highest BCUT2D eigenvalue weighted by Gasteiger charge is 2.45. The lowest BCUT2D eigenvalue weighted by Gasteiger charge is -2.39. The molecule has 0 radical (unpaired) electrons. The van der Waals surface area contributed by atoms with E-state index in [1.165, 1.54) is 11.0 Å². The summed E-state index contributed by atoms with van der Waals surface area (Å²) in [5, 5.41) is 2.51. The molecule has 0 unspecified atom stereocenters. The van der Waals surface area contributed by atoms with Crippen LogP contribution in [0.2, 0.25) is 0 Å². The number of alkyl halides is 2. The van der Waals surface area contributed by atoms with Gasteiger partial charge in [-0.2, -0.15) is 8.78 Å². The van der Waals surface area contributed by atoms with Crippen LogP contribution in [-0.4, -0.2) is 50.6 Å². The van der Waals surface area contributed by atoms with Gasteiger partial charge in [-0.1, -0.05) is 0 Å².